The Morgan fingerprint density at radius 3 is 2.87 bits per heavy atom. The number of thiophene rings is 1. The second-order valence-corrected chi connectivity index (χ2v) is 4.57. The van der Waals surface area contributed by atoms with Crippen molar-refractivity contribution in [1.29, 1.82) is 0 Å². The van der Waals surface area contributed by atoms with Crippen LogP contribution in [0, 0.1) is 0 Å². The molecule has 84 valence electrons. The monoisotopic (exact) mass is 226 g/mol. The van der Waals surface area contributed by atoms with Crippen molar-refractivity contribution in [2.45, 2.75) is 26.3 Å². The molecule has 0 aliphatic heterocycles. The van der Waals surface area contributed by atoms with Crippen molar-refractivity contribution in [3.05, 3.63) is 22.4 Å². The van der Waals surface area contributed by atoms with E-state index < -0.39 is 6.04 Å². The van der Waals surface area contributed by atoms with Crippen LogP contribution in [0.4, 0.5) is 0 Å². The molecule has 4 heteroatoms. The third kappa shape index (κ3) is 3.64. The van der Waals surface area contributed by atoms with E-state index in [1.54, 1.807) is 18.3 Å². The molecule has 0 spiro atoms. The minimum Gasteiger partial charge on any atom is -0.341 e. The van der Waals surface area contributed by atoms with E-state index in [0.29, 0.717) is 0 Å². The van der Waals surface area contributed by atoms with Crippen LogP contribution in [0.5, 0.6) is 0 Å². The lowest BCUT2D eigenvalue weighted by molar-refractivity contribution is -0.131. The minimum atomic E-state index is -0.395. The first-order chi connectivity index (χ1) is 7.15. The van der Waals surface area contributed by atoms with E-state index in [9.17, 15) is 4.79 Å². The molecule has 2 N–H and O–H groups in total. The fourth-order valence-electron chi connectivity index (χ4n) is 1.41. The van der Waals surface area contributed by atoms with Gasteiger partial charge in [0, 0.05) is 18.0 Å². The van der Waals surface area contributed by atoms with E-state index in [1.807, 2.05) is 17.9 Å². The van der Waals surface area contributed by atoms with Crippen molar-refractivity contribution in [3.63, 3.8) is 0 Å². The van der Waals surface area contributed by atoms with Crippen molar-refractivity contribution in [1.82, 2.24) is 4.90 Å². The molecule has 1 heterocycles. The molecule has 0 unspecified atom stereocenters. The Morgan fingerprint density at radius 2 is 2.40 bits per heavy atom. The normalized spacial score (nSPS) is 12.5. The van der Waals surface area contributed by atoms with Crippen LogP contribution in [0.25, 0.3) is 0 Å². The van der Waals surface area contributed by atoms with Gasteiger partial charge in [0.2, 0.25) is 5.91 Å². The molecule has 3 nitrogen and oxygen atoms in total. The summed E-state index contributed by atoms with van der Waals surface area (Å²) in [6.45, 7) is 5.20. The van der Waals surface area contributed by atoms with Crippen LogP contribution in [0.2, 0.25) is 0 Å². The van der Waals surface area contributed by atoms with Gasteiger partial charge in [-0.2, -0.15) is 0 Å². The quantitative estimate of drug-likeness (QED) is 0.826. The first-order valence-corrected chi connectivity index (χ1v) is 6.10. The number of nitrogens with zero attached hydrogens (tertiary/aromatic N) is 1. The predicted molar refractivity (Wildman–Crippen MR) is 63.9 cm³/mol. The van der Waals surface area contributed by atoms with Gasteiger partial charge in [-0.3, -0.25) is 4.79 Å². The Labute approximate surface area is 94.9 Å². The number of rotatable bonds is 5. The molecule has 0 saturated heterocycles. The Morgan fingerprint density at radius 1 is 1.67 bits per heavy atom. The molecular weight excluding hydrogens is 208 g/mol. The smallest absolute Gasteiger partial charge is 0.239 e. The lowest BCUT2D eigenvalue weighted by Gasteiger charge is -2.22. The van der Waals surface area contributed by atoms with E-state index >= 15 is 0 Å². The molecule has 0 aromatic carbocycles. The van der Waals surface area contributed by atoms with E-state index in [4.69, 9.17) is 5.73 Å². The largest absolute Gasteiger partial charge is 0.341 e. The van der Waals surface area contributed by atoms with Gasteiger partial charge >= 0.3 is 0 Å². The van der Waals surface area contributed by atoms with Crippen molar-refractivity contribution in [2.24, 2.45) is 5.73 Å². The zero-order valence-electron chi connectivity index (χ0n) is 9.27. The number of hydrogen-bond donors (Lipinski definition) is 1. The zero-order chi connectivity index (χ0) is 11.3. The van der Waals surface area contributed by atoms with Crippen LogP contribution in [0.3, 0.4) is 0 Å². The summed E-state index contributed by atoms with van der Waals surface area (Å²) in [5.74, 6) is 0.0362. The highest BCUT2D eigenvalue weighted by molar-refractivity contribution is 7.09. The molecule has 1 rings (SSSR count). The van der Waals surface area contributed by atoms with E-state index in [0.717, 1.165) is 19.5 Å². The highest BCUT2D eigenvalue weighted by atomic mass is 32.1. The molecule has 0 aliphatic carbocycles. The first kappa shape index (κ1) is 12.2. The van der Waals surface area contributed by atoms with Crippen molar-refractivity contribution < 1.29 is 4.79 Å². The summed E-state index contributed by atoms with van der Waals surface area (Å²) in [5.41, 5.74) is 5.57. The summed E-state index contributed by atoms with van der Waals surface area (Å²) in [5, 5.41) is 2.05. The Bertz CT molecular complexity index is 296. The molecule has 0 radical (unpaired) electrons. The summed E-state index contributed by atoms with van der Waals surface area (Å²) >= 11 is 1.73. The van der Waals surface area contributed by atoms with Gasteiger partial charge in [0.1, 0.15) is 0 Å². The van der Waals surface area contributed by atoms with Gasteiger partial charge in [-0.1, -0.05) is 6.07 Å². The maximum atomic E-state index is 11.6. The number of carbonyl (C=O) groups is 1. The number of carbonyl (C=O) groups excluding carboxylic acids is 1. The van der Waals surface area contributed by atoms with Gasteiger partial charge in [0.05, 0.1) is 6.04 Å². The fraction of sp³-hybridized carbons (Fsp3) is 0.545. The van der Waals surface area contributed by atoms with Crippen molar-refractivity contribution in [3.8, 4) is 0 Å². The van der Waals surface area contributed by atoms with Crippen molar-refractivity contribution in [2.75, 3.05) is 13.1 Å². The molecule has 0 bridgehead atoms. The number of amides is 1. The first-order valence-electron chi connectivity index (χ1n) is 5.22. The number of nitrogens with two attached hydrogens (primary N) is 1. The molecule has 0 fully saturated rings. The minimum absolute atomic E-state index is 0.0362. The molecule has 15 heavy (non-hydrogen) atoms. The molecule has 1 aromatic rings. The summed E-state index contributed by atoms with van der Waals surface area (Å²) in [6.07, 6.45) is 0.921. The second-order valence-electron chi connectivity index (χ2n) is 3.54. The van der Waals surface area contributed by atoms with Gasteiger partial charge < -0.3 is 10.6 Å². The van der Waals surface area contributed by atoms with Gasteiger partial charge in [0.25, 0.3) is 0 Å². The van der Waals surface area contributed by atoms with Crippen LogP contribution in [0.15, 0.2) is 17.5 Å². The van der Waals surface area contributed by atoms with Gasteiger partial charge in [0.15, 0.2) is 0 Å². The molecule has 0 aliphatic rings. The lowest BCUT2D eigenvalue weighted by atomic mass is 10.2. The predicted octanol–water partition coefficient (Wildman–Crippen LogP) is 1.49. The van der Waals surface area contributed by atoms with Crippen molar-refractivity contribution >= 4 is 17.2 Å². The fourth-order valence-corrected chi connectivity index (χ4v) is 2.11. The van der Waals surface area contributed by atoms with Crippen LogP contribution < -0.4 is 5.73 Å². The summed E-state index contributed by atoms with van der Waals surface area (Å²) in [4.78, 5) is 14.8. The highest BCUT2D eigenvalue weighted by Gasteiger charge is 2.15. The number of likely N-dealkylation sites (N-methyl/N-ethyl adjacent to an activating group) is 1. The van der Waals surface area contributed by atoms with E-state index in [-0.39, 0.29) is 5.91 Å². The third-order valence-electron chi connectivity index (χ3n) is 2.29. The average molecular weight is 226 g/mol. The number of hydrogen-bond acceptors (Lipinski definition) is 3. The van der Waals surface area contributed by atoms with Crippen LogP contribution >= 0.6 is 11.3 Å². The summed E-state index contributed by atoms with van der Waals surface area (Å²) < 4.78 is 0. The maximum absolute atomic E-state index is 11.6. The summed E-state index contributed by atoms with van der Waals surface area (Å²) in [7, 11) is 0. The third-order valence-corrected chi connectivity index (χ3v) is 3.23. The van der Waals surface area contributed by atoms with Gasteiger partial charge in [-0.05, 0) is 31.7 Å². The zero-order valence-corrected chi connectivity index (χ0v) is 10.1. The lowest BCUT2D eigenvalue weighted by Crippen LogP contribution is -2.42. The van der Waals surface area contributed by atoms with E-state index in [1.165, 1.54) is 4.88 Å². The maximum Gasteiger partial charge on any atom is 0.239 e. The van der Waals surface area contributed by atoms with Gasteiger partial charge in [-0.25, -0.2) is 0 Å². The summed E-state index contributed by atoms with van der Waals surface area (Å²) in [6, 6.07) is 3.73. The van der Waals surface area contributed by atoms with Gasteiger partial charge in [-0.15, -0.1) is 11.3 Å². The second kappa shape index (κ2) is 5.88. The van der Waals surface area contributed by atoms with E-state index in [2.05, 4.69) is 11.4 Å². The Kier molecular flexibility index (Phi) is 4.78. The Balaban J connectivity index is 2.44. The SMILES string of the molecule is CCN(CCc1cccs1)C(=O)[C@H](C)N. The molecule has 1 amide bonds. The van der Waals surface area contributed by atoms with Crippen LogP contribution in [0.1, 0.15) is 18.7 Å². The molecular formula is C11H18N2OS. The molecule has 0 saturated carbocycles. The average Bonchev–Trinajstić information content (AvgIpc) is 2.71. The topological polar surface area (TPSA) is 46.3 Å². The standard InChI is InChI=1S/C11H18N2OS/c1-3-13(11(14)9(2)12)7-6-10-5-4-8-15-10/h4-5,8-9H,3,6-7,12H2,1-2H3/t9-/m0/s1. The Hall–Kier alpha value is -0.870. The highest BCUT2D eigenvalue weighted by Crippen LogP contribution is 2.10. The van der Waals surface area contributed by atoms with Crippen LogP contribution in [-0.2, 0) is 11.2 Å². The molecule has 1 aromatic heterocycles. The van der Waals surface area contributed by atoms with Crippen LogP contribution in [-0.4, -0.2) is 29.9 Å². The molecule has 1 atom stereocenters.